The first-order valence-electron chi connectivity index (χ1n) is 4.15. The first kappa shape index (κ1) is 11.0. The van der Waals surface area contributed by atoms with Crippen LogP contribution in [0.5, 0.6) is 0 Å². The highest BCUT2D eigenvalue weighted by molar-refractivity contribution is 9.10. The zero-order valence-electron chi connectivity index (χ0n) is 7.68. The van der Waals surface area contributed by atoms with Gasteiger partial charge in [-0.15, -0.1) is 0 Å². The molecule has 13 heavy (non-hydrogen) atoms. The third-order valence-corrected chi connectivity index (χ3v) is 2.43. The van der Waals surface area contributed by atoms with Gasteiger partial charge in [-0.25, -0.2) is 0 Å². The molecule has 0 spiro atoms. The predicted molar refractivity (Wildman–Crippen MR) is 59.1 cm³/mol. The average Bonchev–Trinajstić information content (AvgIpc) is 2.02. The fraction of sp³-hybridized carbons (Fsp3) is 0.400. The van der Waals surface area contributed by atoms with Crippen molar-refractivity contribution in [1.29, 1.82) is 0 Å². The Balaban J connectivity index is 2.67. The number of hydrogen-bond acceptors (Lipinski definition) is 1. The van der Waals surface area contributed by atoms with Crippen molar-refractivity contribution in [1.82, 2.24) is 0 Å². The molecule has 0 N–H and O–H groups in total. The van der Waals surface area contributed by atoms with E-state index in [9.17, 15) is 0 Å². The number of benzene rings is 1. The van der Waals surface area contributed by atoms with Gasteiger partial charge in [0.1, 0.15) is 0 Å². The van der Waals surface area contributed by atoms with Crippen molar-refractivity contribution in [3.8, 4) is 0 Å². The van der Waals surface area contributed by atoms with Crippen molar-refractivity contribution < 1.29 is 4.74 Å². The van der Waals surface area contributed by atoms with Crippen LogP contribution in [-0.2, 0) is 11.3 Å². The molecule has 1 aromatic rings. The third-order valence-electron chi connectivity index (χ3n) is 1.59. The highest BCUT2D eigenvalue weighted by atomic mass is 79.9. The van der Waals surface area contributed by atoms with E-state index in [0.717, 1.165) is 15.1 Å². The van der Waals surface area contributed by atoms with Crippen molar-refractivity contribution in [3.63, 3.8) is 0 Å². The summed E-state index contributed by atoms with van der Waals surface area (Å²) in [6, 6.07) is 5.81. The first-order chi connectivity index (χ1) is 6.09. The van der Waals surface area contributed by atoms with Gasteiger partial charge in [0, 0.05) is 9.50 Å². The molecular weight excluding hydrogens is 251 g/mol. The van der Waals surface area contributed by atoms with E-state index in [1.165, 1.54) is 0 Å². The zero-order valence-corrected chi connectivity index (χ0v) is 10.0. The van der Waals surface area contributed by atoms with Crippen LogP contribution in [0.15, 0.2) is 22.7 Å². The summed E-state index contributed by atoms with van der Waals surface area (Å²) in [4.78, 5) is 0. The van der Waals surface area contributed by atoms with Crippen LogP contribution in [0.4, 0.5) is 0 Å². The van der Waals surface area contributed by atoms with Gasteiger partial charge in [-0.1, -0.05) is 33.6 Å². The molecule has 0 heterocycles. The van der Waals surface area contributed by atoms with Crippen LogP contribution < -0.4 is 0 Å². The molecule has 0 radical (unpaired) electrons. The van der Waals surface area contributed by atoms with E-state index in [-0.39, 0.29) is 6.10 Å². The number of ether oxygens (including phenoxy) is 1. The minimum Gasteiger partial charge on any atom is -0.374 e. The van der Waals surface area contributed by atoms with Gasteiger partial charge in [0.15, 0.2) is 0 Å². The Bertz CT molecular complexity index is 286. The lowest BCUT2D eigenvalue weighted by Crippen LogP contribution is -2.02. The van der Waals surface area contributed by atoms with Crippen LogP contribution in [-0.4, -0.2) is 6.10 Å². The number of halogens is 2. The maximum atomic E-state index is 6.00. The maximum absolute atomic E-state index is 6.00. The summed E-state index contributed by atoms with van der Waals surface area (Å²) in [5.74, 6) is 0. The summed E-state index contributed by atoms with van der Waals surface area (Å²) in [6.45, 7) is 4.59. The predicted octanol–water partition coefficient (Wildman–Crippen LogP) is 4.03. The van der Waals surface area contributed by atoms with Gasteiger partial charge >= 0.3 is 0 Å². The Hall–Kier alpha value is -0.0500. The van der Waals surface area contributed by atoms with Gasteiger partial charge in [0.25, 0.3) is 0 Å². The normalized spacial score (nSPS) is 10.8. The van der Waals surface area contributed by atoms with E-state index in [2.05, 4.69) is 15.9 Å². The molecule has 72 valence electrons. The zero-order chi connectivity index (χ0) is 9.84. The molecule has 0 fully saturated rings. The molecule has 1 aromatic carbocycles. The van der Waals surface area contributed by atoms with Crippen LogP contribution in [0.1, 0.15) is 19.4 Å². The molecule has 0 aliphatic rings. The fourth-order valence-corrected chi connectivity index (χ4v) is 1.62. The van der Waals surface area contributed by atoms with E-state index in [4.69, 9.17) is 16.3 Å². The summed E-state index contributed by atoms with van der Waals surface area (Å²) in [6.07, 6.45) is 0.236. The topological polar surface area (TPSA) is 9.23 Å². The molecule has 0 bridgehead atoms. The van der Waals surface area contributed by atoms with E-state index in [1.54, 1.807) is 0 Å². The van der Waals surface area contributed by atoms with E-state index in [1.807, 2.05) is 32.0 Å². The van der Waals surface area contributed by atoms with Crippen molar-refractivity contribution >= 4 is 27.5 Å². The van der Waals surface area contributed by atoms with Crippen LogP contribution in [0.2, 0.25) is 5.02 Å². The lowest BCUT2D eigenvalue weighted by Gasteiger charge is -2.08. The SMILES string of the molecule is CC(C)OCc1ccc(Br)cc1Cl. The number of rotatable bonds is 3. The summed E-state index contributed by atoms with van der Waals surface area (Å²) < 4.78 is 6.44. The smallest absolute Gasteiger partial charge is 0.0734 e. The molecule has 1 rings (SSSR count). The van der Waals surface area contributed by atoms with Gasteiger partial charge in [-0.05, 0) is 31.5 Å². The summed E-state index contributed by atoms with van der Waals surface area (Å²) >= 11 is 9.35. The van der Waals surface area contributed by atoms with E-state index in [0.29, 0.717) is 6.61 Å². The summed E-state index contributed by atoms with van der Waals surface area (Å²) in [5.41, 5.74) is 1.03. The Kier molecular flexibility index (Phi) is 4.23. The molecule has 3 heteroatoms. The van der Waals surface area contributed by atoms with Crippen LogP contribution in [0.25, 0.3) is 0 Å². The second-order valence-corrected chi connectivity index (χ2v) is 4.42. The Labute approximate surface area is 92.2 Å². The highest BCUT2D eigenvalue weighted by Crippen LogP contribution is 2.22. The standard InChI is InChI=1S/C10H12BrClO/c1-7(2)13-6-8-3-4-9(11)5-10(8)12/h3-5,7H,6H2,1-2H3. The lowest BCUT2D eigenvalue weighted by atomic mass is 10.2. The fourth-order valence-electron chi connectivity index (χ4n) is 0.895. The molecule has 0 aliphatic carbocycles. The third kappa shape index (κ3) is 3.67. The van der Waals surface area contributed by atoms with Gasteiger partial charge in [0.05, 0.1) is 12.7 Å². The van der Waals surface area contributed by atoms with E-state index >= 15 is 0 Å². The monoisotopic (exact) mass is 262 g/mol. The van der Waals surface area contributed by atoms with Crippen LogP contribution in [0, 0.1) is 0 Å². The molecule has 0 aromatic heterocycles. The average molecular weight is 264 g/mol. The van der Waals surface area contributed by atoms with Crippen LogP contribution >= 0.6 is 27.5 Å². The molecule has 0 atom stereocenters. The highest BCUT2D eigenvalue weighted by Gasteiger charge is 2.01. The Morgan fingerprint density at radius 3 is 2.69 bits per heavy atom. The maximum Gasteiger partial charge on any atom is 0.0734 e. The van der Waals surface area contributed by atoms with Crippen molar-refractivity contribution in [3.05, 3.63) is 33.3 Å². The molecule has 0 amide bonds. The molecule has 0 unspecified atom stereocenters. The summed E-state index contributed by atoms with van der Waals surface area (Å²) in [7, 11) is 0. The molecule has 0 aliphatic heterocycles. The van der Waals surface area contributed by atoms with Gasteiger partial charge < -0.3 is 4.74 Å². The minimum atomic E-state index is 0.236. The summed E-state index contributed by atoms with van der Waals surface area (Å²) in [5, 5.41) is 0.745. The van der Waals surface area contributed by atoms with Gasteiger partial charge in [-0.2, -0.15) is 0 Å². The quantitative estimate of drug-likeness (QED) is 0.800. The second kappa shape index (κ2) is 4.99. The molecule has 1 nitrogen and oxygen atoms in total. The lowest BCUT2D eigenvalue weighted by molar-refractivity contribution is 0.0657. The molecule has 0 saturated carbocycles. The largest absolute Gasteiger partial charge is 0.374 e. The van der Waals surface area contributed by atoms with Crippen molar-refractivity contribution in [2.75, 3.05) is 0 Å². The minimum absolute atomic E-state index is 0.236. The molecule has 0 saturated heterocycles. The Morgan fingerprint density at radius 1 is 1.46 bits per heavy atom. The van der Waals surface area contributed by atoms with Gasteiger partial charge in [0.2, 0.25) is 0 Å². The number of hydrogen-bond donors (Lipinski definition) is 0. The van der Waals surface area contributed by atoms with Crippen molar-refractivity contribution in [2.24, 2.45) is 0 Å². The van der Waals surface area contributed by atoms with E-state index < -0.39 is 0 Å². The van der Waals surface area contributed by atoms with Gasteiger partial charge in [-0.3, -0.25) is 0 Å². The first-order valence-corrected chi connectivity index (χ1v) is 5.32. The molecular formula is C10H12BrClO. The van der Waals surface area contributed by atoms with Crippen molar-refractivity contribution in [2.45, 2.75) is 26.6 Å². The second-order valence-electron chi connectivity index (χ2n) is 3.10. The van der Waals surface area contributed by atoms with Crippen LogP contribution in [0.3, 0.4) is 0 Å². The Morgan fingerprint density at radius 2 is 2.15 bits per heavy atom.